The molecule has 1 unspecified atom stereocenters. The maximum atomic E-state index is 11.9. The van der Waals surface area contributed by atoms with Crippen LogP contribution >= 0.6 is 23.4 Å². The van der Waals surface area contributed by atoms with Crippen molar-refractivity contribution in [3.63, 3.8) is 0 Å². The maximum Gasteiger partial charge on any atom is 0.233 e. The number of benzene rings is 1. The van der Waals surface area contributed by atoms with E-state index in [-0.39, 0.29) is 11.3 Å². The molecule has 1 amide bonds. The number of rotatable bonds is 3. The van der Waals surface area contributed by atoms with E-state index in [4.69, 9.17) is 11.6 Å². The molecule has 1 aliphatic rings. The van der Waals surface area contributed by atoms with Gasteiger partial charge in [0.2, 0.25) is 5.91 Å². The van der Waals surface area contributed by atoms with Crippen molar-refractivity contribution in [1.82, 2.24) is 4.90 Å². The summed E-state index contributed by atoms with van der Waals surface area (Å²) in [6.45, 7) is 5.07. The van der Waals surface area contributed by atoms with Crippen LogP contribution in [0.15, 0.2) is 24.3 Å². The van der Waals surface area contributed by atoms with Gasteiger partial charge in [-0.05, 0) is 23.6 Å². The van der Waals surface area contributed by atoms with Crippen molar-refractivity contribution in [3.05, 3.63) is 34.9 Å². The Hall–Kier alpha value is -0.670. The van der Waals surface area contributed by atoms with Crippen LogP contribution in [0.3, 0.4) is 0 Å². The van der Waals surface area contributed by atoms with Gasteiger partial charge in [-0.15, -0.1) is 11.8 Å². The number of hydrogen-bond acceptors (Lipinski definition) is 2. The molecule has 2 nitrogen and oxygen atoms in total. The van der Waals surface area contributed by atoms with E-state index in [9.17, 15) is 4.79 Å². The first kappa shape index (κ1) is 12.8. The molecule has 1 aliphatic heterocycles. The highest BCUT2D eigenvalue weighted by Crippen LogP contribution is 2.39. The highest BCUT2D eigenvalue weighted by atomic mass is 35.5. The Morgan fingerprint density at radius 3 is 2.94 bits per heavy atom. The van der Waals surface area contributed by atoms with Crippen LogP contribution in [-0.2, 0) is 4.79 Å². The zero-order valence-electron chi connectivity index (χ0n) is 10.0. The number of hydrogen-bond donors (Lipinski definition) is 0. The minimum Gasteiger partial charge on any atom is -0.326 e. The van der Waals surface area contributed by atoms with Gasteiger partial charge in [0, 0.05) is 11.6 Å². The van der Waals surface area contributed by atoms with Gasteiger partial charge in [0.05, 0.1) is 5.75 Å². The fourth-order valence-electron chi connectivity index (χ4n) is 1.98. The van der Waals surface area contributed by atoms with Gasteiger partial charge in [0.15, 0.2) is 0 Å². The summed E-state index contributed by atoms with van der Waals surface area (Å²) in [6.07, 6.45) is 0. The molecule has 2 rings (SSSR count). The van der Waals surface area contributed by atoms with Crippen molar-refractivity contribution in [3.8, 4) is 0 Å². The predicted octanol–water partition coefficient (Wildman–Crippen LogP) is 3.57. The molecule has 0 spiro atoms. The van der Waals surface area contributed by atoms with Crippen LogP contribution in [0.1, 0.15) is 24.8 Å². The first-order valence-corrected chi connectivity index (χ1v) is 7.17. The lowest BCUT2D eigenvalue weighted by Crippen LogP contribution is -2.31. The predicted molar refractivity (Wildman–Crippen MR) is 73.2 cm³/mol. The lowest BCUT2D eigenvalue weighted by Gasteiger charge is -2.26. The van der Waals surface area contributed by atoms with Crippen LogP contribution in [0.2, 0.25) is 5.02 Å². The summed E-state index contributed by atoms with van der Waals surface area (Å²) in [7, 11) is 0. The summed E-state index contributed by atoms with van der Waals surface area (Å²) in [6, 6.07) is 7.79. The first-order valence-electron chi connectivity index (χ1n) is 5.74. The molecule has 0 saturated carbocycles. The van der Waals surface area contributed by atoms with Crippen LogP contribution in [0.5, 0.6) is 0 Å². The molecular formula is C13H16ClNOS. The van der Waals surface area contributed by atoms with Crippen LogP contribution in [0.4, 0.5) is 0 Å². The van der Waals surface area contributed by atoms with E-state index in [0.717, 1.165) is 17.1 Å². The Morgan fingerprint density at radius 1 is 1.53 bits per heavy atom. The molecule has 1 saturated heterocycles. The van der Waals surface area contributed by atoms with Gasteiger partial charge in [-0.2, -0.15) is 0 Å². The summed E-state index contributed by atoms with van der Waals surface area (Å²) >= 11 is 7.68. The van der Waals surface area contributed by atoms with Gasteiger partial charge < -0.3 is 4.90 Å². The lowest BCUT2D eigenvalue weighted by molar-refractivity contribution is -0.128. The van der Waals surface area contributed by atoms with E-state index >= 15 is 0 Å². The topological polar surface area (TPSA) is 20.3 Å². The molecule has 0 radical (unpaired) electrons. The highest BCUT2D eigenvalue weighted by Gasteiger charge is 2.32. The van der Waals surface area contributed by atoms with E-state index in [0.29, 0.717) is 11.7 Å². The Kier molecular flexibility index (Phi) is 4.00. The van der Waals surface area contributed by atoms with Crippen molar-refractivity contribution in [2.24, 2.45) is 5.92 Å². The van der Waals surface area contributed by atoms with E-state index in [1.807, 2.05) is 29.2 Å². The van der Waals surface area contributed by atoms with Gasteiger partial charge in [0.25, 0.3) is 0 Å². The Balaban J connectivity index is 2.22. The minimum absolute atomic E-state index is 0.128. The summed E-state index contributed by atoms with van der Waals surface area (Å²) in [4.78, 5) is 13.8. The average molecular weight is 270 g/mol. The second-order valence-corrected chi connectivity index (χ2v) is 6.16. The molecule has 1 atom stereocenters. The molecule has 1 aromatic carbocycles. The smallest absolute Gasteiger partial charge is 0.233 e. The Morgan fingerprint density at radius 2 is 2.29 bits per heavy atom. The molecule has 4 heteroatoms. The number of carbonyl (C=O) groups is 1. The largest absolute Gasteiger partial charge is 0.326 e. The molecule has 0 N–H and O–H groups in total. The number of amides is 1. The SMILES string of the molecule is CC(C)CN1C(=O)CSC1c1cccc(Cl)c1. The van der Waals surface area contributed by atoms with Crippen molar-refractivity contribution >= 4 is 29.3 Å². The molecule has 0 aromatic heterocycles. The minimum atomic E-state index is 0.128. The quantitative estimate of drug-likeness (QED) is 0.836. The van der Waals surface area contributed by atoms with Gasteiger partial charge in [-0.25, -0.2) is 0 Å². The van der Waals surface area contributed by atoms with Crippen molar-refractivity contribution in [2.45, 2.75) is 19.2 Å². The third-order valence-corrected chi connectivity index (χ3v) is 4.15. The number of nitrogens with zero attached hydrogens (tertiary/aromatic N) is 1. The van der Waals surface area contributed by atoms with E-state index in [2.05, 4.69) is 13.8 Å². The molecule has 1 fully saturated rings. The van der Waals surface area contributed by atoms with Crippen molar-refractivity contribution in [1.29, 1.82) is 0 Å². The second kappa shape index (κ2) is 5.32. The van der Waals surface area contributed by atoms with E-state index in [1.54, 1.807) is 11.8 Å². The average Bonchev–Trinajstić information content (AvgIpc) is 2.60. The Bertz CT molecular complexity index is 422. The molecule has 92 valence electrons. The van der Waals surface area contributed by atoms with Crippen LogP contribution in [0, 0.1) is 5.92 Å². The van der Waals surface area contributed by atoms with Gasteiger partial charge in [-0.3, -0.25) is 4.79 Å². The summed E-state index contributed by atoms with van der Waals surface area (Å²) in [5.74, 6) is 1.29. The van der Waals surface area contributed by atoms with Gasteiger partial charge in [0.1, 0.15) is 5.37 Å². The molecule has 0 bridgehead atoms. The molecule has 1 heterocycles. The van der Waals surface area contributed by atoms with Crippen molar-refractivity contribution in [2.75, 3.05) is 12.3 Å². The van der Waals surface area contributed by atoms with E-state index in [1.165, 1.54) is 0 Å². The third-order valence-electron chi connectivity index (χ3n) is 2.66. The fourth-order valence-corrected chi connectivity index (χ4v) is 3.37. The second-order valence-electron chi connectivity index (χ2n) is 4.66. The fraction of sp³-hybridized carbons (Fsp3) is 0.462. The standard InChI is InChI=1S/C13H16ClNOS/c1-9(2)7-15-12(16)8-17-13(15)10-4-3-5-11(14)6-10/h3-6,9,13H,7-8H2,1-2H3. The normalized spacial score (nSPS) is 20.4. The van der Waals surface area contributed by atoms with Gasteiger partial charge in [-0.1, -0.05) is 37.6 Å². The zero-order valence-corrected chi connectivity index (χ0v) is 11.6. The zero-order chi connectivity index (χ0) is 12.4. The number of thioether (sulfide) groups is 1. The number of halogens is 1. The van der Waals surface area contributed by atoms with Gasteiger partial charge >= 0.3 is 0 Å². The molecule has 17 heavy (non-hydrogen) atoms. The van der Waals surface area contributed by atoms with Crippen molar-refractivity contribution < 1.29 is 4.79 Å². The molecule has 0 aliphatic carbocycles. The van der Waals surface area contributed by atoms with Crippen LogP contribution in [0.25, 0.3) is 0 Å². The summed E-state index contributed by atoms with van der Waals surface area (Å²) in [5, 5.41) is 0.857. The monoisotopic (exact) mass is 269 g/mol. The highest BCUT2D eigenvalue weighted by molar-refractivity contribution is 8.00. The lowest BCUT2D eigenvalue weighted by atomic mass is 10.1. The summed E-state index contributed by atoms with van der Waals surface area (Å²) < 4.78 is 0. The van der Waals surface area contributed by atoms with E-state index < -0.39 is 0 Å². The summed E-state index contributed by atoms with van der Waals surface area (Å²) in [5.41, 5.74) is 1.12. The van der Waals surface area contributed by atoms with Crippen LogP contribution < -0.4 is 0 Å². The van der Waals surface area contributed by atoms with Crippen LogP contribution in [-0.4, -0.2) is 23.1 Å². The first-order chi connectivity index (χ1) is 8.08. The molecule has 1 aromatic rings. The molecular weight excluding hydrogens is 254 g/mol. The maximum absolute atomic E-state index is 11.9. The Labute approximate surface area is 111 Å². The number of carbonyl (C=O) groups excluding carboxylic acids is 1. The third kappa shape index (κ3) is 2.96.